The summed E-state index contributed by atoms with van der Waals surface area (Å²) in [6.45, 7) is 14.2. The van der Waals surface area contributed by atoms with Gasteiger partial charge in [-0.25, -0.2) is 13.9 Å². The van der Waals surface area contributed by atoms with E-state index in [1.165, 1.54) is 40.6 Å². The number of carbonyl (C=O) groups is 1. The van der Waals surface area contributed by atoms with Crippen LogP contribution in [0.1, 0.15) is 138 Å². The largest absolute Gasteiger partial charge is 0.509 e. The maximum Gasteiger partial charge on any atom is 0.509 e. The first-order chi connectivity index (χ1) is 23.7. The molecule has 2 aliphatic rings. The molecular formula is C37H72O11P2. The Kier molecular flexibility index (Phi) is 21.9. The number of fused-ring (bicyclic) bond motifs is 1. The van der Waals surface area contributed by atoms with Gasteiger partial charge in [0.25, 0.3) is 0 Å². The van der Waals surface area contributed by atoms with Crippen LogP contribution in [0.15, 0.2) is 0 Å². The van der Waals surface area contributed by atoms with Gasteiger partial charge in [-0.1, -0.05) is 99.3 Å². The monoisotopic (exact) mass is 754 g/mol. The third kappa shape index (κ3) is 18.0. The van der Waals surface area contributed by atoms with Gasteiger partial charge < -0.3 is 9.47 Å². The molecule has 2 fully saturated rings. The topological polar surface area (TPSA) is 125 Å². The summed E-state index contributed by atoms with van der Waals surface area (Å²) in [5, 5.41) is 0. The van der Waals surface area contributed by atoms with Crippen molar-refractivity contribution in [2.75, 3.05) is 41.2 Å². The number of carbonyl (C=O) groups excluding carboxylic acids is 1. The van der Waals surface area contributed by atoms with Crippen LogP contribution in [0.5, 0.6) is 0 Å². The van der Waals surface area contributed by atoms with Gasteiger partial charge in [0.15, 0.2) is 0 Å². The lowest BCUT2D eigenvalue weighted by atomic mass is 9.80. The Balaban J connectivity index is 1.92. The van der Waals surface area contributed by atoms with Crippen LogP contribution in [-0.2, 0) is 45.7 Å². The lowest BCUT2D eigenvalue weighted by Gasteiger charge is -2.29. The van der Waals surface area contributed by atoms with Gasteiger partial charge in [0.1, 0.15) is 12.2 Å². The first-order valence-corrected chi connectivity index (χ1v) is 22.3. The molecular weight excluding hydrogens is 682 g/mol. The molecule has 8 atom stereocenters. The van der Waals surface area contributed by atoms with E-state index in [4.69, 9.17) is 36.6 Å². The number of ether oxygens (including phenoxy) is 2. The molecule has 0 aromatic rings. The quantitative estimate of drug-likeness (QED) is 0.0535. The molecule has 0 aromatic carbocycles. The Morgan fingerprint density at radius 1 is 0.660 bits per heavy atom. The van der Waals surface area contributed by atoms with Gasteiger partial charge >= 0.3 is 21.8 Å². The Bertz CT molecular complexity index is 1020. The molecule has 8 unspecified atom stereocenters. The number of rotatable bonds is 29. The molecule has 1 saturated carbocycles. The highest BCUT2D eigenvalue weighted by atomic mass is 31.2. The molecule has 1 saturated heterocycles. The van der Waals surface area contributed by atoms with Crippen molar-refractivity contribution in [1.29, 1.82) is 0 Å². The summed E-state index contributed by atoms with van der Waals surface area (Å²) in [7, 11) is -3.44. The normalized spacial score (nSPS) is 23.3. The summed E-state index contributed by atoms with van der Waals surface area (Å²) in [4.78, 5) is 11.5. The van der Waals surface area contributed by atoms with E-state index in [0.29, 0.717) is 36.7 Å². The average molecular weight is 755 g/mol. The van der Waals surface area contributed by atoms with E-state index in [1.807, 2.05) is 0 Å². The van der Waals surface area contributed by atoms with Crippen LogP contribution in [0, 0.1) is 41.4 Å². The highest BCUT2D eigenvalue weighted by Crippen LogP contribution is 2.51. The lowest BCUT2D eigenvalue weighted by molar-refractivity contribution is 0.0737. The number of hydrogen-bond acceptors (Lipinski definition) is 11. The minimum absolute atomic E-state index is 0.00264. The van der Waals surface area contributed by atoms with Crippen molar-refractivity contribution >= 4 is 21.8 Å². The first kappa shape index (κ1) is 45.6. The molecule has 1 aliphatic heterocycles. The van der Waals surface area contributed by atoms with Crippen LogP contribution in [0.25, 0.3) is 0 Å². The van der Waals surface area contributed by atoms with Crippen LogP contribution < -0.4 is 0 Å². The molecule has 1 heterocycles. The fourth-order valence-corrected chi connectivity index (χ4v) is 8.89. The minimum atomic E-state index is -3.81. The highest BCUT2D eigenvalue weighted by molar-refractivity contribution is 7.48. The molecule has 0 spiro atoms. The molecule has 1 aliphatic carbocycles. The van der Waals surface area contributed by atoms with E-state index in [9.17, 15) is 13.9 Å². The molecule has 50 heavy (non-hydrogen) atoms. The summed E-state index contributed by atoms with van der Waals surface area (Å²) in [6.07, 6.45) is 14.5. The van der Waals surface area contributed by atoms with E-state index < -0.39 is 21.8 Å². The average Bonchev–Trinajstić information content (AvgIpc) is 3.45. The van der Waals surface area contributed by atoms with Crippen molar-refractivity contribution in [3.63, 3.8) is 0 Å². The van der Waals surface area contributed by atoms with Crippen molar-refractivity contribution in [3.05, 3.63) is 0 Å². The number of hydrogen-bond donors (Lipinski definition) is 0. The van der Waals surface area contributed by atoms with E-state index in [-0.39, 0.29) is 37.3 Å². The van der Waals surface area contributed by atoms with Gasteiger partial charge in [-0.05, 0) is 80.0 Å². The third-order valence-corrected chi connectivity index (χ3v) is 13.4. The fourth-order valence-electron chi connectivity index (χ4n) is 7.15. The first-order valence-electron chi connectivity index (χ1n) is 19.4. The zero-order valence-electron chi connectivity index (χ0n) is 32.8. The van der Waals surface area contributed by atoms with Gasteiger partial charge in [-0.3, -0.25) is 27.1 Å². The summed E-state index contributed by atoms with van der Waals surface area (Å²) in [5.74, 6) is 3.01. The summed E-state index contributed by atoms with van der Waals surface area (Å²) in [6, 6.07) is 0. The van der Waals surface area contributed by atoms with Crippen LogP contribution in [0.4, 0.5) is 4.79 Å². The molecule has 13 heteroatoms. The van der Waals surface area contributed by atoms with E-state index in [2.05, 4.69) is 41.5 Å². The van der Waals surface area contributed by atoms with Crippen molar-refractivity contribution in [1.82, 2.24) is 0 Å². The molecule has 2 rings (SSSR count). The third-order valence-electron chi connectivity index (χ3n) is 10.7. The number of phosphoric ester groups is 2. The van der Waals surface area contributed by atoms with Crippen LogP contribution in [-0.4, -0.2) is 59.5 Å². The molecule has 0 bridgehead atoms. The van der Waals surface area contributed by atoms with Crippen molar-refractivity contribution in [2.24, 2.45) is 41.4 Å². The maximum atomic E-state index is 13.7. The molecule has 0 aromatic heterocycles. The lowest BCUT2D eigenvalue weighted by Crippen LogP contribution is -2.31. The molecule has 296 valence electrons. The second-order valence-electron chi connectivity index (χ2n) is 15.8. The van der Waals surface area contributed by atoms with Gasteiger partial charge in [0.05, 0.1) is 19.8 Å². The zero-order chi connectivity index (χ0) is 37.2. The van der Waals surface area contributed by atoms with Crippen molar-refractivity contribution in [3.8, 4) is 0 Å². The van der Waals surface area contributed by atoms with Gasteiger partial charge in [-0.2, -0.15) is 0 Å². The zero-order valence-corrected chi connectivity index (χ0v) is 34.6. The van der Waals surface area contributed by atoms with E-state index in [1.54, 1.807) is 0 Å². The maximum absolute atomic E-state index is 13.7. The molecule has 0 N–H and O–H groups in total. The molecule has 0 amide bonds. The SMILES string of the molecule is COP(=O)(OC)OCCC(CCCC(C)CCCC(C)C)COP(=O)(OC)OCC(CCC(C)C)C(C)CCCC1CCC2OC(=O)OC2C1. The standard InChI is InChI=1S/C37H72O11P2/c1-28(2)13-10-14-30(5)15-11-18-33(23-24-44-49(39,41-7)42-8)26-45-50(40,43-9)46-27-34(21-19-29(3)4)31(6)16-12-17-32-20-22-35-36(25-32)48-37(38)47-35/h28-36H,10-27H2,1-9H3. The van der Waals surface area contributed by atoms with E-state index >= 15 is 0 Å². The Labute approximate surface area is 304 Å². The summed E-state index contributed by atoms with van der Waals surface area (Å²) < 4.78 is 69.5. The fraction of sp³-hybridized carbons (Fsp3) is 0.973. The minimum Gasteiger partial charge on any atom is -0.427 e. The molecule has 0 radical (unpaired) electrons. The van der Waals surface area contributed by atoms with Gasteiger partial charge in [0, 0.05) is 21.3 Å². The second-order valence-corrected chi connectivity index (χ2v) is 19.4. The Hall–Kier alpha value is -0.510. The Morgan fingerprint density at radius 3 is 1.92 bits per heavy atom. The van der Waals surface area contributed by atoms with Crippen LogP contribution >= 0.6 is 15.6 Å². The predicted molar refractivity (Wildman–Crippen MR) is 197 cm³/mol. The predicted octanol–water partition coefficient (Wildman–Crippen LogP) is 11.4. The van der Waals surface area contributed by atoms with Crippen molar-refractivity contribution in [2.45, 2.75) is 150 Å². The van der Waals surface area contributed by atoms with Crippen LogP contribution in [0.3, 0.4) is 0 Å². The Morgan fingerprint density at radius 2 is 1.28 bits per heavy atom. The summed E-state index contributed by atoms with van der Waals surface area (Å²) >= 11 is 0. The van der Waals surface area contributed by atoms with Gasteiger partial charge in [-0.15, -0.1) is 0 Å². The smallest absolute Gasteiger partial charge is 0.427 e. The molecule has 11 nitrogen and oxygen atoms in total. The highest BCUT2D eigenvalue weighted by Gasteiger charge is 2.41. The van der Waals surface area contributed by atoms with Gasteiger partial charge in [0.2, 0.25) is 0 Å². The second kappa shape index (κ2) is 24.0. The number of phosphoric acid groups is 2. The van der Waals surface area contributed by atoms with E-state index in [0.717, 1.165) is 76.5 Å². The van der Waals surface area contributed by atoms with Crippen molar-refractivity contribution < 1.29 is 50.5 Å². The summed E-state index contributed by atoms with van der Waals surface area (Å²) in [5.41, 5.74) is 0. The van der Waals surface area contributed by atoms with Crippen LogP contribution in [0.2, 0.25) is 0 Å².